The molecule has 0 saturated heterocycles. The fourth-order valence-electron chi connectivity index (χ4n) is 2.65. The van der Waals surface area contributed by atoms with Crippen LogP contribution in [0, 0.1) is 0 Å². The highest BCUT2D eigenvalue weighted by molar-refractivity contribution is 5.89. The largest absolute Gasteiger partial charge is 0.338 e. The maximum atomic E-state index is 12.0. The summed E-state index contributed by atoms with van der Waals surface area (Å²) in [6.45, 7) is 1.18. The van der Waals surface area contributed by atoms with Crippen LogP contribution in [-0.4, -0.2) is 17.1 Å². The predicted octanol–water partition coefficient (Wildman–Crippen LogP) is 4.87. The number of hydrogen-bond acceptors (Lipinski definition) is 4. The van der Waals surface area contributed by atoms with E-state index < -0.39 is 0 Å². The third kappa shape index (κ3) is 6.73. The van der Waals surface area contributed by atoms with Crippen LogP contribution in [-0.2, 0) is 6.54 Å². The van der Waals surface area contributed by atoms with Crippen molar-refractivity contribution in [2.45, 2.75) is 19.4 Å². The number of carbonyl (C=O) groups is 1. The maximum Gasteiger partial charge on any atom is 0.319 e. The lowest BCUT2D eigenvalue weighted by atomic mass is 10.3. The molecule has 2 N–H and O–H groups in total. The molecule has 0 radical (unpaired) electrons. The van der Waals surface area contributed by atoms with Crippen molar-refractivity contribution in [2.24, 2.45) is 10.2 Å². The van der Waals surface area contributed by atoms with Gasteiger partial charge in [-0.05, 0) is 55.3 Å². The number of azo groups is 1. The number of pyridine rings is 1. The van der Waals surface area contributed by atoms with E-state index >= 15 is 0 Å². The highest BCUT2D eigenvalue weighted by Crippen LogP contribution is 2.19. The van der Waals surface area contributed by atoms with Crippen molar-refractivity contribution in [3.8, 4) is 0 Å². The number of aryl methyl sites for hydroxylation is 1. The van der Waals surface area contributed by atoms with Crippen LogP contribution in [0.2, 0.25) is 0 Å². The highest BCUT2D eigenvalue weighted by Gasteiger charge is 2.01. The zero-order chi connectivity index (χ0) is 20.3. The van der Waals surface area contributed by atoms with Crippen molar-refractivity contribution < 1.29 is 4.79 Å². The first-order valence-electron chi connectivity index (χ1n) is 9.48. The van der Waals surface area contributed by atoms with Crippen molar-refractivity contribution in [1.82, 2.24) is 9.88 Å². The van der Waals surface area contributed by atoms with Crippen LogP contribution in [0.15, 0.2) is 94.0 Å². The lowest BCUT2D eigenvalue weighted by Crippen LogP contribution is -2.29. The topological polar surface area (TPSA) is 87.9 Å². The summed E-state index contributed by atoms with van der Waals surface area (Å²) in [5.74, 6) is 0. The molecule has 0 spiro atoms. The smallest absolute Gasteiger partial charge is 0.319 e. The van der Waals surface area contributed by atoms with Crippen molar-refractivity contribution in [2.75, 3.05) is 11.9 Å². The zero-order valence-electron chi connectivity index (χ0n) is 16.0. The first kappa shape index (κ1) is 20.0. The fourth-order valence-corrected chi connectivity index (χ4v) is 2.65. The van der Waals surface area contributed by atoms with Gasteiger partial charge in [-0.25, -0.2) is 4.79 Å². The third-order valence-electron chi connectivity index (χ3n) is 4.17. The number of nitrogens with zero attached hydrogens (tertiary/aromatic N) is 3. The molecular weight excluding hydrogens is 366 g/mol. The Labute approximate surface area is 169 Å². The van der Waals surface area contributed by atoms with E-state index in [4.69, 9.17) is 0 Å². The van der Waals surface area contributed by atoms with Crippen LogP contribution in [0.1, 0.15) is 12.8 Å². The zero-order valence-corrected chi connectivity index (χ0v) is 16.0. The number of hydrogen-bond donors (Lipinski definition) is 2. The van der Waals surface area contributed by atoms with Crippen molar-refractivity contribution in [3.63, 3.8) is 0 Å². The number of urea groups is 1. The van der Waals surface area contributed by atoms with E-state index in [2.05, 4.69) is 20.9 Å². The molecule has 3 rings (SSSR count). The number of nitrogens with one attached hydrogen (secondary N) is 2. The van der Waals surface area contributed by atoms with Crippen molar-refractivity contribution >= 4 is 23.1 Å². The number of benzene rings is 2. The Hall–Kier alpha value is -3.74. The number of aromatic nitrogens is 1. The van der Waals surface area contributed by atoms with Crippen molar-refractivity contribution in [1.29, 1.82) is 0 Å². The van der Waals surface area contributed by atoms with Crippen LogP contribution in [0.4, 0.5) is 21.9 Å². The van der Waals surface area contributed by atoms with Crippen LogP contribution >= 0.6 is 0 Å². The molecule has 2 aromatic carbocycles. The SMILES string of the molecule is O=C(NCCCCn1ccccc1=O)Nc1ccc(N=Nc2ccccc2)cc1. The minimum absolute atomic E-state index is 0.00930. The molecule has 0 aliphatic heterocycles. The summed E-state index contributed by atoms with van der Waals surface area (Å²) in [6.07, 6.45) is 3.37. The van der Waals surface area contributed by atoms with Crippen LogP contribution < -0.4 is 16.2 Å². The van der Waals surface area contributed by atoms with E-state index in [9.17, 15) is 9.59 Å². The predicted molar refractivity (Wildman–Crippen MR) is 114 cm³/mol. The quantitative estimate of drug-likeness (QED) is 0.425. The van der Waals surface area contributed by atoms with E-state index in [1.54, 1.807) is 47.2 Å². The molecule has 7 nitrogen and oxygen atoms in total. The van der Waals surface area contributed by atoms with Gasteiger partial charge in [-0.1, -0.05) is 24.3 Å². The number of rotatable bonds is 8. The first-order chi connectivity index (χ1) is 14.2. The van der Waals surface area contributed by atoms with E-state index in [-0.39, 0.29) is 11.6 Å². The average Bonchev–Trinajstić information content (AvgIpc) is 2.75. The average molecular weight is 389 g/mol. The van der Waals surface area contributed by atoms with E-state index in [1.807, 2.05) is 36.4 Å². The van der Waals surface area contributed by atoms with Gasteiger partial charge in [0.05, 0.1) is 11.4 Å². The third-order valence-corrected chi connectivity index (χ3v) is 4.17. The Bertz CT molecular complexity index is 997. The first-order valence-corrected chi connectivity index (χ1v) is 9.48. The van der Waals surface area contributed by atoms with Gasteiger partial charge in [0.1, 0.15) is 0 Å². The molecule has 29 heavy (non-hydrogen) atoms. The summed E-state index contributed by atoms with van der Waals surface area (Å²) in [6, 6.07) is 21.5. The molecule has 7 heteroatoms. The van der Waals surface area contributed by atoms with E-state index in [0.717, 1.165) is 18.5 Å². The Kier molecular flexibility index (Phi) is 7.28. The number of carbonyl (C=O) groups excluding carboxylic acids is 1. The Morgan fingerprint density at radius 2 is 1.52 bits per heavy atom. The molecule has 1 aromatic heterocycles. The second-order valence-electron chi connectivity index (χ2n) is 6.40. The van der Waals surface area contributed by atoms with Gasteiger partial charge in [-0.3, -0.25) is 4.79 Å². The molecule has 148 valence electrons. The molecule has 0 aliphatic carbocycles. The summed E-state index contributed by atoms with van der Waals surface area (Å²) >= 11 is 0. The van der Waals surface area contributed by atoms with Crippen LogP contribution in [0.3, 0.4) is 0 Å². The van der Waals surface area contributed by atoms with Gasteiger partial charge in [0, 0.05) is 31.0 Å². The second-order valence-corrected chi connectivity index (χ2v) is 6.40. The second kappa shape index (κ2) is 10.6. The number of anilines is 1. The number of unbranched alkanes of at least 4 members (excludes halogenated alkanes) is 1. The minimum Gasteiger partial charge on any atom is -0.338 e. The molecule has 0 unspecified atom stereocenters. The van der Waals surface area contributed by atoms with Gasteiger partial charge in [0.2, 0.25) is 5.56 Å². The summed E-state index contributed by atoms with van der Waals surface area (Å²) in [7, 11) is 0. The molecule has 0 fully saturated rings. The van der Waals surface area contributed by atoms with Crippen LogP contribution in [0.5, 0.6) is 0 Å². The Morgan fingerprint density at radius 1 is 0.828 bits per heavy atom. The molecule has 1 heterocycles. The molecule has 0 bridgehead atoms. The van der Waals surface area contributed by atoms with Crippen molar-refractivity contribution in [3.05, 3.63) is 89.3 Å². The molecule has 0 saturated carbocycles. The number of amides is 2. The minimum atomic E-state index is -0.263. The van der Waals surface area contributed by atoms with E-state index in [1.165, 1.54) is 0 Å². The monoisotopic (exact) mass is 389 g/mol. The van der Waals surface area contributed by atoms with Gasteiger partial charge in [-0.15, -0.1) is 0 Å². The highest BCUT2D eigenvalue weighted by atomic mass is 16.2. The maximum absolute atomic E-state index is 12.0. The molecule has 3 aromatic rings. The Morgan fingerprint density at radius 3 is 2.24 bits per heavy atom. The summed E-state index contributed by atoms with van der Waals surface area (Å²) in [5, 5.41) is 13.9. The normalized spacial score (nSPS) is 10.8. The fraction of sp³-hybridized carbons (Fsp3) is 0.182. The standard InChI is InChI=1S/C22H23N5O2/c28-21-10-4-6-16-27(21)17-7-5-15-23-22(29)24-18-11-13-20(14-12-18)26-25-19-8-2-1-3-9-19/h1-4,6,8-14,16H,5,7,15,17H2,(H2,23,24,29). The van der Waals surface area contributed by atoms with Gasteiger partial charge in [0.25, 0.3) is 0 Å². The molecular formula is C22H23N5O2. The molecule has 2 amide bonds. The molecule has 0 aliphatic rings. The van der Waals surface area contributed by atoms with Crippen LogP contribution in [0.25, 0.3) is 0 Å². The Balaban J connectivity index is 1.37. The lowest BCUT2D eigenvalue weighted by molar-refractivity contribution is 0.252. The van der Waals surface area contributed by atoms with Gasteiger partial charge >= 0.3 is 6.03 Å². The van der Waals surface area contributed by atoms with Gasteiger partial charge in [-0.2, -0.15) is 10.2 Å². The lowest BCUT2D eigenvalue weighted by Gasteiger charge is -2.08. The van der Waals surface area contributed by atoms with Gasteiger partial charge < -0.3 is 15.2 Å². The summed E-state index contributed by atoms with van der Waals surface area (Å²) in [5.41, 5.74) is 2.16. The van der Waals surface area contributed by atoms with Gasteiger partial charge in [0.15, 0.2) is 0 Å². The summed E-state index contributed by atoms with van der Waals surface area (Å²) in [4.78, 5) is 23.6. The molecule has 0 atom stereocenters. The van der Waals surface area contributed by atoms with E-state index in [0.29, 0.717) is 24.5 Å². The summed E-state index contributed by atoms with van der Waals surface area (Å²) < 4.78 is 1.66.